The third-order valence-corrected chi connectivity index (χ3v) is 1.37. The summed E-state index contributed by atoms with van der Waals surface area (Å²) in [6.07, 6.45) is 5.90. The van der Waals surface area contributed by atoms with E-state index in [1.54, 1.807) is 6.92 Å². The second kappa shape index (κ2) is 4.14. The zero-order chi connectivity index (χ0) is 8.91. The van der Waals surface area contributed by atoms with E-state index in [-0.39, 0.29) is 0 Å². The van der Waals surface area contributed by atoms with Gasteiger partial charge in [0.05, 0.1) is 5.60 Å². The molecule has 0 amide bonds. The normalized spacial score (nSPS) is 16.3. The first kappa shape index (κ1) is 10.2. The summed E-state index contributed by atoms with van der Waals surface area (Å²) in [5.74, 6) is 0. The highest BCUT2D eigenvalue weighted by molar-refractivity contribution is 5.12. The lowest BCUT2D eigenvalue weighted by Gasteiger charge is -2.14. The molecule has 0 heterocycles. The highest BCUT2D eigenvalue weighted by atomic mass is 16.3. The second-order valence-corrected chi connectivity index (χ2v) is 3.01. The van der Waals surface area contributed by atoms with Crippen LogP contribution in [0.5, 0.6) is 0 Å². The largest absolute Gasteiger partial charge is 0.386 e. The van der Waals surface area contributed by atoms with Gasteiger partial charge in [0.15, 0.2) is 0 Å². The van der Waals surface area contributed by atoms with E-state index in [9.17, 15) is 5.11 Å². The van der Waals surface area contributed by atoms with Crippen LogP contribution in [0.25, 0.3) is 0 Å². The molecule has 0 aromatic rings. The Balaban J connectivity index is 3.87. The molecule has 0 aliphatic carbocycles. The lowest BCUT2D eigenvalue weighted by atomic mass is 10.0. The zero-order valence-corrected chi connectivity index (χ0v) is 7.30. The maximum atomic E-state index is 9.44. The van der Waals surface area contributed by atoms with E-state index in [4.69, 9.17) is 0 Å². The molecule has 0 aromatic heterocycles. The molecular weight excluding hydrogens is 136 g/mol. The average Bonchev–Trinajstić information content (AvgIpc) is 1.87. The summed E-state index contributed by atoms with van der Waals surface area (Å²) in [6, 6.07) is 0. The van der Waals surface area contributed by atoms with Crippen LogP contribution in [0.1, 0.15) is 20.3 Å². The van der Waals surface area contributed by atoms with Gasteiger partial charge < -0.3 is 5.11 Å². The van der Waals surface area contributed by atoms with E-state index < -0.39 is 5.60 Å². The molecule has 0 bridgehead atoms. The van der Waals surface area contributed by atoms with Crippen LogP contribution >= 0.6 is 0 Å². The van der Waals surface area contributed by atoms with Crippen LogP contribution in [0.3, 0.4) is 0 Å². The van der Waals surface area contributed by atoms with Crippen molar-refractivity contribution in [1.82, 2.24) is 0 Å². The van der Waals surface area contributed by atoms with Crippen molar-refractivity contribution in [3.8, 4) is 0 Å². The Kier molecular flexibility index (Phi) is 3.83. The summed E-state index contributed by atoms with van der Waals surface area (Å²) in [7, 11) is 0. The summed E-state index contributed by atoms with van der Waals surface area (Å²) >= 11 is 0. The first-order valence-corrected chi connectivity index (χ1v) is 3.66. The Morgan fingerprint density at radius 1 is 1.64 bits per heavy atom. The van der Waals surface area contributed by atoms with Crippen molar-refractivity contribution < 1.29 is 5.11 Å². The Labute approximate surface area is 68.7 Å². The number of hydrogen-bond donors (Lipinski definition) is 1. The predicted octanol–water partition coefficient (Wildman–Crippen LogP) is 2.45. The molecule has 0 spiro atoms. The second-order valence-electron chi connectivity index (χ2n) is 3.01. The first-order chi connectivity index (χ1) is 4.98. The minimum absolute atomic E-state index is 0.587. The molecule has 0 unspecified atom stereocenters. The summed E-state index contributed by atoms with van der Waals surface area (Å²) in [4.78, 5) is 0. The molecule has 62 valence electrons. The van der Waals surface area contributed by atoms with Crippen molar-refractivity contribution in [1.29, 1.82) is 0 Å². The molecule has 0 saturated carbocycles. The van der Waals surface area contributed by atoms with E-state index in [0.29, 0.717) is 6.42 Å². The quantitative estimate of drug-likeness (QED) is 0.484. The minimum atomic E-state index is -0.786. The molecule has 0 radical (unpaired) electrons. The van der Waals surface area contributed by atoms with Crippen LogP contribution in [0.4, 0.5) is 0 Å². The number of aliphatic hydroxyl groups is 1. The molecular formula is C10H16O. The van der Waals surface area contributed by atoms with Gasteiger partial charge in [-0.1, -0.05) is 30.4 Å². The highest BCUT2D eigenvalue weighted by Gasteiger charge is 2.11. The van der Waals surface area contributed by atoms with E-state index in [1.165, 1.54) is 6.08 Å². The van der Waals surface area contributed by atoms with Gasteiger partial charge in [0.1, 0.15) is 0 Å². The van der Waals surface area contributed by atoms with E-state index in [2.05, 4.69) is 13.2 Å². The fraction of sp³-hybridized carbons (Fsp3) is 0.400. The van der Waals surface area contributed by atoms with Crippen molar-refractivity contribution in [2.24, 2.45) is 0 Å². The van der Waals surface area contributed by atoms with Gasteiger partial charge in [0, 0.05) is 0 Å². The summed E-state index contributed by atoms with van der Waals surface area (Å²) in [5, 5.41) is 9.44. The summed E-state index contributed by atoms with van der Waals surface area (Å²) < 4.78 is 0. The number of allylic oxidation sites excluding steroid dienone is 2. The molecule has 0 rings (SSSR count). The van der Waals surface area contributed by atoms with Crippen molar-refractivity contribution in [3.63, 3.8) is 0 Å². The van der Waals surface area contributed by atoms with Crippen LogP contribution in [0, 0.1) is 0 Å². The Morgan fingerprint density at radius 3 is 2.55 bits per heavy atom. The summed E-state index contributed by atoms with van der Waals surface area (Å²) in [6.45, 7) is 10.9. The highest BCUT2D eigenvalue weighted by Crippen LogP contribution is 2.10. The standard InChI is InChI=1S/C10H16O/c1-5-10(4,11)8-6-7-9(2)3/h5-7,11H,1-2,8H2,3-4H3/b7-6-/t10-/m1/s1. The van der Waals surface area contributed by atoms with Crippen LogP contribution in [0.15, 0.2) is 37.0 Å². The first-order valence-electron chi connectivity index (χ1n) is 3.66. The minimum Gasteiger partial charge on any atom is -0.386 e. The Bertz CT molecular complexity index is 175. The molecule has 0 fully saturated rings. The fourth-order valence-electron chi connectivity index (χ4n) is 0.582. The molecule has 0 aliphatic heterocycles. The predicted molar refractivity (Wildman–Crippen MR) is 49.4 cm³/mol. The third kappa shape index (κ3) is 5.62. The maximum Gasteiger partial charge on any atom is 0.0831 e. The molecule has 1 nitrogen and oxygen atoms in total. The molecule has 0 aliphatic rings. The smallest absolute Gasteiger partial charge is 0.0831 e. The molecule has 1 atom stereocenters. The maximum absolute atomic E-state index is 9.44. The molecule has 1 N–H and O–H groups in total. The van der Waals surface area contributed by atoms with Gasteiger partial charge in [-0.05, 0) is 20.3 Å². The van der Waals surface area contributed by atoms with Crippen LogP contribution in [-0.4, -0.2) is 10.7 Å². The molecule has 11 heavy (non-hydrogen) atoms. The van der Waals surface area contributed by atoms with Gasteiger partial charge in [-0.25, -0.2) is 0 Å². The Hall–Kier alpha value is -0.820. The SMILES string of the molecule is C=C[C@@](C)(O)C/C=C\C(=C)C. The summed E-state index contributed by atoms with van der Waals surface area (Å²) in [5.41, 5.74) is 0.205. The van der Waals surface area contributed by atoms with Crippen LogP contribution in [0.2, 0.25) is 0 Å². The van der Waals surface area contributed by atoms with Gasteiger partial charge in [-0.3, -0.25) is 0 Å². The van der Waals surface area contributed by atoms with E-state index >= 15 is 0 Å². The monoisotopic (exact) mass is 152 g/mol. The van der Waals surface area contributed by atoms with Crippen molar-refractivity contribution >= 4 is 0 Å². The molecule has 1 heteroatoms. The van der Waals surface area contributed by atoms with E-state index in [1.807, 2.05) is 19.1 Å². The van der Waals surface area contributed by atoms with Gasteiger partial charge in [-0.15, -0.1) is 6.58 Å². The van der Waals surface area contributed by atoms with Crippen molar-refractivity contribution in [3.05, 3.63) is 37.0 Å². The third-order valence-electron chi connectivity index (χ3n) is 1.37. The van der Waals surface area contributed by atoms with Crippen LogP contribution in [-0.2, 0) is 0 Å². The zero-order valence-electron chi connectivity index (χ0n) is 7.30. The number of hydrogen-bond acceptors (Lipinski definition) is 1. The number of rotatable bonds is 4. The average molecular weight is 152 g/mol. The fourth-order valence-corrected chi connectivity index (χ4v) is 0.582. The van der Waals surface area contributed by atoms with Crippen molar-refractivity contribution in [2.75, 3.05) is 0 Å². The van der Waals surface area contributed by atoms with Gasteiger partial charge in [0.25, 0.3) is 0 Å². The van der Waals surface area contributed by atoms with Crippen molar-refractivity contribution in [2.45, 2.75) is 25.9 Å². The van der Waals surface area contributed by atoms with Gasteiger partial charge in [-0.2, -0.15) is 0 Å². The topological polar surface area (TPSA) is 20.2 Å². The Morgan fingerprint density at radius 2 is 2.18 bits per heavy atom. The van der Waals surface area contributed by atoms with Gasteiger partial charge >= 0.3 is 0 Å². The molecule has 0 aromatic carbocycles. The molecule has 0 saturated heterocycles. The van der Waals surface area contributed by atoms with Crippen LogP contribution < -0.4 is 0 Å². The van der Waals surface area contributed by atoms with E-state index in [0.717, 1.165) is 5.57 Å². The lowest BCUT2D eigenvalue weighted by Crippen LogP contribution is -2.18. The lowest BCUT2D eigenvalue weighted by molar-refractivity contribution is 0.115. The van der Waals surface area contributed by atoms with Gasteiger partial charge in [0.2, 0.25) is 0 Å².